The van der Waals surface area contributed by atoms with E-state index in [4.69, 9.17) is 4.42 Å². The summed E-state index contributed by atoms with van der Waals surface area (Å²) in [7, 11) is 1.70. The number of halogens is 2. The molecule has 0 aliphatic heterocycles. The molecule has 26 heavy (non-hydrogen) atoms. The van der Waals surface area contributed by atoms with Crippen LogP contribution in [0, 0.1) is 6.92 Å². The summed E-state index contributed by atoms with van der Waals surface area (Å²) in [6.07, 6.45) is 2.79. The molecule has 0 radical (unpaired) electrons. The van der Waals surface area contributed by atoms with Crippen LogP contribution in [0.15, 0.2) is 50.5 Å². The second-order valence-electron chi connectivity index (χ2n) is 5.51. The third kappa shape index (κ3) is 7.77. The van der Waals surface area contributed by atoms with Gasteiger partial charge in [-0.1, -0.05) is 15.9 Å². The fraction of sp³-hybridized carbons (Fsp3) is 0.333. The van der Waals surface area contributed by atoms with Gasteiger partial charge in [0.2, 0.25) is 5.91 Å². The Morgan fingerprint density at radius 1 is 1.23 bits per heavy atom. The number of aliphatic imine (C=N–C) groups is 1. The molecule has 1 amide bonds. The van der Waals surface area contributed by atoms with Gasteiger partial charge in [-0.25, -0.2) is 0 Å². The van der Waals surface area contributed by atoms with E-state index in [1.165, 1.54) is 0 Å². The summed E-state index contributed by atoms with van der Waals surface area (Å²) in [5.74, 6) is 1.55. The summed E-state index contributed by atoms with van der Waals surface area (Å²) in [5, 5.41) is 9.24. The average Bonchev–Trinajstić information content (AvgIpc) is 3.09. The van der Waals surface area contributed by atoms with E-state index in [9.17, 15) is 4.79 Å². The van der Waals surface area contributed by atoms with E-state index in [1.54, 1.807) is 13.3 Å². The van der Waals surface area contributed by atoms with Gasteiger partial charge in [-0.2, -0.15) is 0 Å². The van der Waals surface area contributed by atoms with Crippen molar-refractivity contribution in [1.29, 1.82) is 0 Å². The molecule has 0 saturated carbocycles. The van der Waals surface area contributed by atoms with Gasteiger partial charge in [0.25, 0.3) is 0 Å². The van der Waals surface area contributed by atoms with Gasteiger partial charge in [-0.05, 0) is 42.8 Å². The monoisotopic (exact) mass is 534 g/mol. The minimum Gasteiger partial charge on any atom is -0.469 e. The molecule has 0 aliphatic carbocycles. The van der Waals surface area contributed by atoms with Crippen LogP contribution in [0.4, 0.5) is 5.69 Å². The maximum atomic E-state index is 12.1. The highest BCUT2D eigenvalue weighted by Gasteiger charge is 2.06. The number of carbonyl (C=O) groups excluding carboxylic acids is 1. The summed E-state index contributed by atoms with van der Waals surface area (Å²) in [6, 6.07) is 9.57. The van der Waals surface area contributed by atoms with Crippen molar-refractivity contribution >= 4 is 57.5 Å². The molecule has 3 N–H and O–H groups in total. The van der Waals surface area contributed by atoms with Gasteiger partial charge in [-0.3, -0.25) is 9.79 Å². The molecule has 0 spiro atoms. The summed E-state index contributed by atoms with van der Waals surface area (Å²) in [4.78, 5) is 16.2. The van der Waals surface area contributed by atoms with Crippen molar-refractivity contribution < 1.29 is 9.21 Å². The molecule has 0 saturated heterocycles. The zero-order valence-electron chi connectivity index (χ0n) is 14.8. The molecule has 2 rings (SSSR count). The van der Waals surface area contributed by atoms with Crippen LogP contribution in [-0.2, 0) is 11.2 Å². The smallest absolute Gasteiger partial charge is 0.226 e. The number of aryl methyl sites for hydroxylation is 1. The topological polar surface area (TPSA) is 78.7 Å². The highest BCUT2D eigenvalue weighted by Crippen LogP contribution is 2.19. The normalized spacial score (nSPS) is 10.8. The number of rotatable bonds is 7. The summed E-state index contributed by atoms with van der Waals surface area (Å²) >= 11 is 3.41. The molecule has 0 atom stereocenters. The highest BCUT2D eigenvalue weighted by atomic mass is 127. The van der Waals surface area contributed by atoms with Crippen LogP contribution in [0.2, 0.25) is 0 Å². The maximum Gasteiger partial charge on any atom is 0.226 e. The number of furan rings is 1. The number of anilines is 1. The molecule has 142 valence electrons. The number of amides is 1. The number of hydrogen-bond acceptors (Lipinski definition) is 3. The average molecular weight is 535 g/mol. The largest absolute Gasteiger partial charge is 0.469 e. The van der Waals surface area contributed by atoms with E-state index in [0.717, 1.165) is 27.9 Å². The van der Waals surface area contributed by atoms with Crippen LogP contribution in [0.25, 0.3) is 0 Å². The fourth-order valence-corrected chi connectivity index (χ4v) is 2.73. The number of carbonyl (C=O) groups is 1. The molecule has 2 aromatic rings. The van der Waals surface area contributed by atoms with Crippen LogP contribution in [0.3, 0.4) is 0 Å². The molecule has 1 heterocycles. The van der Waals surface area contributed by atoms with Gasteiger partial charge in [0.15, 0.2) is 5.96 Å². The highest BCUT2D eigenvalue weighted by molar-refractivity contribution is 14.0. The molecule has 0 aliphatic rings. The SMILES string of the molecule is CN=C(NCCC(=O)Nc1ccc(Br)cc1C)NCCc1ccco1.I. The lowest BCUT2D eigenvalue weighted by Crippen LogP contribution is -2.39. The third-order valence-electron chi connectivity index (χ3n) is 3.57. The quantitative estimate of drug-likeness (QED) is 0.287. The zero-order valence-corrected chi connectivity index (χ0v) is 18.8. The van der Waals surface area contributed by atoms with E-state index >= 15 is 0 Å². The van der Waals surface area contributed by atoms with Crippen molar-refractivity contribution in [3.8, 4) is 0 Å². The fourth-order valence-electron chi connectivity index (χ4n) is 2.25. The lowest BCUT2D eigenvalue weighted by atomic mass is 10.2. The van der Waals surface area contributed by atoms with Gasteiger partial charge < -0.3 is 20.4 Å². The minimum absolute atomic E-state index is 0. The lowest BCUT2D eigenvalue weighted by Gasteiger charge is -2.12. The summed E-state index contributed by atoms with van der Waals surface area (Å²) < 4.78 is 6.27. The Morgan fingerprint density at radius 3 is 2.65 bits per heavy atom. The van der Waals surface area contributed by atoms with Gasteiger partial charge in [-0.15, -0.1) is 24.0 Å². The van der Waals surface area contributed by atoms with Crippen molar-refractivity contribution in [1.82, 2.24) is 10.6 Å². The van der Waals surface area contributed by atoms with Crippen LogP contribution in [-0.4, -0.2) is 32.0 Å². The Hall–Kier alpha value is -1.55. The van der Waals surface area contributed by atoms with Crippen LogP contribution < -0.4 is 16.0 Å². The predicted molar refractivity (Wildman–Crippen MR) is 119 cm³/mol. The van der Waals surface area contributed by atoms with Crippen molar-refractivity contribution in [3.63, 3.8) is 0 Å². The first-order valence-electron chi connectivity index (χ1n) is 8.11. The number of nitrogens with zero attached hydrogens (tertiary/aromatic N) is 1. The lowest BCUT2D eigenvalue weighted by molar-refractivity contribution is -0.116. The van der Waals surface area contributed by atoms with Crippen LogP contribution in [0.5, 0.6) is 0 Å². The molecule has 1 aromatic carbocycles. The predicted octanol–water partition coefficient (Wildman–Crippen LogP) is 3.70. The number of benzene rings is 1. The van der Waals surface area contributed by atoms with Crippen molar-refractivity contribution in [2.75, 3.05) is 25.5 Å². The van der Waals surface area contributed by atoms with E-state index in [2.05, 4.69) is 36.9 Å². The van der Waals surface area contributed by atoms with Crippen molar-refractivity contribution in [2.45, 2.75) is 19.8 Å². The second-order valence-corrected chi connectivity index (χ2v) is 6.43. The number of hydrogen-bond donors (Lipinski definition) is 3. The van der Waals surface area contributed by atoms with Gasteiger partial charge in [0.1, 0.15) is 5.76 Å². The van der Waals surface area contributed by atoms with E-state index < -0.39 is 0 Å². The molecule has 0 fully saturated rings. The van der Waals surface area contributed by atoms with E-state index in [1.807, 2.05) is 37.3 Å². The van der Waals surface area contributed by atoms with Crippen molar-refractivity contribution in [3.05, 3.63) is 52.4 Å². The molecule has 1 aromatic heterocycles. The molecule has 0 unspecified atom stereocenters. The van der Waals surface area contributed by atoms with Gasteiger partial charge >= 0.3 is 0 Å². The molecule has 0 bridgehead atoms. The Balaban J connectivity index is 0.00000338. The van der Waals surface area contributed by atoms with E-state index in [-0.39, 0.29) is 29.9 Å². The van der Waals surface area contributed by atoms with Crippen LogP contribution >= 0.6 is 39.9 Å². The number of nitrogens with one attached hydrogen (secondary N) is 3. The third-order valence-corrected chi connectivity index (χ3v) is 4.07. The first-order chi connectivity index (χ1) is 12.1. The Bertz CT molecular complexity index is 720. The minimum atomic E-state index is -0.0380. The first-order valence-corrected chi connectivity index (χ1v) is 8.90. The van der Waals surface area contributed by atoms with Crippen LogP contribution in [0.1, 0.15) is 17.7 Å². The Morgan fingerprint density at radius 2 is 2.00 bits per heavy atom. The standard InChI is InChI=1S/C18H23BrN4O2.HI/c1-13-12-14(19)5-6-16(13)23-17(24)8-10-22-18(20-2)21-9-7-15-4-3-11-25-15;/h3-6,11-12H,7-10H2,1-2H3,(H,23,24)(H2,20,21,22);1H. The van der Waals surface area contributed by atoms with Crippen molar-refractivity contribution in [2.24, 2.45) is 4.99 Å². The summed E-state index contributed by atoms with van der Waals surface area (Å²) in [5.41, 5.74) is 1.85. The Labute approximate surface area is 179 Å². The molecule has 8 heteroatoms. The number of guanidine groups is 1. The maximum absolute atomic E-state index is 12.1. The first kappa shape index (κ1) is 22.5. The second kappa shape index (κ2) is 11.9. The molecular weight excluding hydrogens is 511 g/mol. The van der Waals surface area contributed by atoms with Gasteiger partial charge in [0.05, 0.1) is 6.26 Å². The van der Waals surface area contributed by atoms with E-state index in [0.29, 0.717) is 25.5 Å². The molecule has 6 nitrogen and oxygen atoms in total. The Kier molecular flexibility index (Phi) is 10.3. The van der Waals surface area contributed by atoms with Gasteiger partial charge in [0, 0.05) is 43.1 Å². The molecular formula is C18H24BrIN4O2. The zero-order chi connectivity index (χ0) is 18.1. The summed E-state index contributed by atoms with van der Waals surface area (Å²) in [6.45, 7) is 3.17.